The highest BCUT2D eigenvalue weighted by Crippen LogP contribution is 2.40. The highest BCUT2D eigenvalue weighted by molar-refractivity contribution is 5.81. The molecule has 3 N–H and O–H groups in total. The number of aromatic nitrogens is 1. The molecule has 0 radical (unpaired) electrons. The minimum Gasteiger partial charge on any atom is -0.351 e. The van der Waals surface area contributed by atoms with Gasteiger partial charge in [-0.2, -0.15) is 0 Å². The third-order valence-electron chi connectivity index (χ3n) is 4.56. The highest BCUT2D eigenvalue weighted by Gasteiger charge is 2.32. The standard InChI is InChI=1S/C17H21FN4O/c1-10-3-4-12(14(18)7-10)13-9-22(2)16-15(13)20-21-17(16)23-11-5-6-19-8-11/h3-4,7,9,11,17,19-21H,5-6,8H2,1-2H3. The van der Waals surface area contributed by atoms with E-state index in [1.54, 1.807) is 6.07 Å². The lowest BCUT2D eigenvalue weighted by Crippen LogP contribution is -2.28. The molecule has 1 fully saturated rings. The van der Waals surface area contributed by atoms with E-state index in [1.165, 1.54) is 0 Å². The van der Waals surface area contributed by atoms with Gasteiger partial charge in [0.25, 0.3) is 0 Å². The minimum atomic E-state index is -0.220. The van der Waals surface area contributed by atoms with E-state index in [4.69, 9.17) is 4.74 Å². The molecule has 2 aliphatic heterocycles. The summed E-state index contributed by atoms with van der Waals surface area (Å²) in [5.74, 6) is -0.204. The number of hydrogen-bond acceptors (Lipinski definition) is 4. The van der Waals surface area contributed by atoms with E-state index < -0.39 is 0 Å². The third-order valence-corrected chi connectivity index (χ3v) is 4.56. The van der Waals surface area contributed by atoms with Gasteiger partial charge in [-0.15, -0.1) is 0 Å². The van der Waals surface area contributed by atoms with Crippen LogP contribution in [0.3, 0.4) is 0 Å². The average molecular weight is 316 g/mol. The van der Waals surface area contributed by atoms with Crippen molar-refractivity contribution in [2.24, 2.45) is 7.05 Å². The molecule has 2 atom stereocenters. The molecule has 1 aromatic carbocycles. The number of halogens is 1. The molecule has 6 heteroatoms. The maximum absolute atomic E-state index is 14.3. The van der Waals surface area contributed by atoms with Crippen LogP contribution >= 0.6 is 0 Å². The third kappa shape index (κ3) is 2.52. The van der Waals surface area contributed by atoms with Crippen LogP contribution in [0.5, 0.6) is 0 Å². The van der Waals surface area contributed by atoms with E-state index in [9.17, 15) is 4.39 Å². The zero-order valence-corrected chi connectivity index (χ0v) is 13.3. The molecule has 2 aliphatic rings. The Labute approximate surface area is 134 Å². The van der Waals surface area contributed by atoms with Crippen molar-refractivity contribution in [3.63, 3.8) is 0 Å². The number of anilines is 1. The summed E-state index contributed by atoms with van der Waals surface area (Å²) in [6.07, 6.45) is 2.95. The van der Waals surface area contributed by atoms with Gasteiger partial charge >= 0.3 is 0 Å². The molecular weight excluding hydrogens is 295 g/mol. The molecule has 1 aromatic heterocycles. The quantitative estimate of drug-likeness (QED) is 0.814. The zero-order chi connectivity index (χ0) is 16.0. The van der Waals surface area contributed by atoms with Crippen molar-refractivity contribution in [2.75, 3.05) is 18.5 Å². The fourth-order valence-electron chi connectivity index (χ4n) is 3.37. The fraction of sp³-hybridized carbons (Fsp3) is 0.412. The number of fused-ring (bicyclic) bond motifs is 1. The molecule has 0 aliphatic carbocycles. The number of hydrogen-bond donors (Lipinski definition) is 3. The topological polar surface area (TPSA) is 50.2 Å². The van der Waals surface area contributed by atoms with Gasteiger partial charge in [0.2, 0.25) is 0 Å². The number of nitrogens with zero attached hydrogens (tertiary/aromatic N) is 1. The number of aryl methyl sites for hydroxylation is 2. The van der Waals surface area contributed by atoms with Gasteiger partial charge in [0, 0.05) is 30.9 Å². The van der Waals surface area contributed by atoms with Crippen LogP contribution in [0.2, 0.25) is 0 Å². The Morgan fingerprint density at radius 1 is 1.30 bits per heavy atom. The molecule has 2 unspecified atom stereocenters. The van der Waals surface area contributed by atoms with E-state index in [0.717, 1.165) is 42.0 Å². The lowest BCUT2D eigenvalue weighted by atomic mass is 10.0. The van der Waals surface area contributed by atoms with Gasteiger partial charge in [0.05, 0.1) is 17.5 Å². The summed E-state index contributed by atoms with van der Waals surface area (Å²) in [5, 5.41) is 3.30. The lowest BCUT2D eigenvalue weighted by molar-refractivity contribution is -0.0164. The first kappa shape index (κ1) is 14.7. The maximum atomic E-state index is 14.3. The first-order valence-electron chi connectivity index (χ1n) is 7.97. The molecule has 23 heavy (non-hydrogen) atoms. The fourth-order valence-corrected chi connectivity index (χ4v) is 3.37. The summed E-state index contributed by atoms with van der Waals surface area (Å²) < 4.78 is 22.5. The molecule has 1 saturated heterocycles. The lowest BCUT2D eigenvalue weighted by Gasteiger charge is -2.18. The Kier molecular flexibility index (Phi) is 3.60. The van der Waals surface area contributed by atoms with E-state index in [0.29, 0.717) is 5.56 Å². The summed E-state index contributed by atoms with van der Waals surface area (Å²) >= 11 is 0. The second-order valence-corrected chi connectivity index (χ2v) is 6.30. The summed E-state index contributed by atoms with van der Waals surface area (Å²) in [5.41, 5.74) is 10.6. The Bertz CT molecular complexity index is 736. The summed E-state index contributed by atoms with van der Waals surface area (Å²) in [4.78, 5) is 0. The molecule has 2 aromatic rings. The predicted molar refractivity (Wildman–Crippen MR) is 87.4 cm³/mol. The number of ether oxygens (including phenoxy) is 1. The highest BCUT2D eigenvalue weighted by atomic mass is 19.1. The van der Waals surface area contributed by atoms with Crippen LogP contribution in [0.4, 0.5) is 10.1 Å². The van der Waals surface area contributed by atoms with Crippen molar-refractivity contribution in [3.05, 3.63) is 41.5 Å². The summed E-state index contributed by atoms with van der Waals surface area (Å²) in [7, 11) is 1.96. The summed E-state index contributed by atoms with van der Waals surface area (Å²) in [6.45, 7) is 3.75. The number of hydrazine groups is 1. The Morgan fingerprint density at radius 3 is 2.91 bits per heavy atom. The van der Waals surface area contributed by atoms with Crippen molar-refractivity contribution >= 4 is 5.69 Å². The normalized spacial score (nSPS) is 23.1. The molecule has 0 spiro atoms. The average Bonchev–Trinajstić information content (AvgIpc) is 3.20. The molecule has 0 bridgehead atoms. The predicted octanol–water partition coefficient (Wildman–Crippen LogP) is 2.45. The van der Waals surface area contributed by atoms with Crippen LogP contribution in [-0.2, 0) is 11.8 Å². The van der Waals surface area contributed by atoms with E-state index in [2.05, 4.69) is 16.2 Å². The number of nitrogens with one attached hydrogen (secondary N) is 3. The minimum absolute atomic E-state index is 0.203. The molecular formula is C17H21FN4O. The summed E-state index contributed by atoms with van der Waals surface area (Å²) in [6, 6.07) is 5.32. The molecule has 122 valence electrons. The molecule has 0 amide bonds. The van der Waals surface area contributed by atoms with Gasteiger partial charge in [-0.3, -0.25) is 0 Å². The maximum Gasteiger partial charge on any atom is 0.168 e. The van der Waals surface area contributed by atoms with E-state index >= 15 is 0 Å². The van der Waals surface area contributed by atoms with Gasteiger partial charge in [0.1, 0.15) is 5.82 Å². The van der Waals surface area contributed by atoms with Crippen LogP contribution < -0.4 is 16.2 Å². The van der Waals surface area contributed by atoms with Crippen molar-refractivity contribution in [1.82, 2.24) is 15.3 Å². The van der Waals surface area contributed by atoms with Crippen LogP contribution in [0.25, 0.3) is 11.1 Å². The largest absolute Gasteiger partial charge is 0.351 e. The molecule has 3 heterocycles. The van der Waals surface area contributed by atoms with Gasteiger partial charge in [0.15, 0.2) is 6.23 Å². The first-order chi connectivity index (χ1) is 11.1. The molecule has 4 rings (SSSR count). The Balaban J connectivity index is 1.68. The monoisotopic (exact) mass is 316 g/mol. The number of benzene rings is 1. The van der Waals surface area contributed by atoms with Gasteiger partial charge in [-0.25, -0.2) is 9.82 Å². The SMILES string of the molecule is Cc1ccc(-c2cn(C)c3c2NNC3OC2CCNC2)c(F)c1. The van der Waals surface area contributed by atoms with Crippen LogP contribution in [0.1, 0.15) is 23.9 Å². The van der Waals surface area contributed by atoms with Crippen molar-refractivity contribution in [1.29, 1.82) is 0 Å². The van der Waals surface area contributed by atoms with Gasteiger partial charge < -0.3 is 20.0 Å². The van der Waals surface area contributed by atoms with Crippen LogP contribution in [-0.4, -0.2) is 23.8 Å². The molecule has 0 saturated carbocycles. The van der Waals surface area contributed by atoms with Crippen LogP contribution in [0, 0.1) is 12.7 Å². The second-order valence-electron chi connectivity index (χ2n) is 6.30. The molecule has 5 nitrogen and oxygen atoms in total. The number of rotatable bonds is 3. The van der Waals surface area contributed by atoms with Gasteiger partial charge in [-0.1, -0.05) is 12.1 Å². The van der Waals surface area contributed by atoms with E-state index in [-0.39, 0.29) is 18.1 Å². The second kappa shape index (κ2) is 5.63. The van der Waals surface area contributed by atoms with E-state index in [1.807, 2.05) is 36.9 Å². The first-order valence-corrected chi connectivity index (χ1v) is 7.97. The Morgan fingerprint density at radius 2 is 2.17 bits per heavy atom. The Hall–Kier alpha value is -1.89. The van der Waals surface area contributed by atoms with Gasteiger partial charge in [-0.05, 0) is 31.5 Å². The smallest absolute Gasteiger partial charge is 0.168 e. The van der Waals surface area contributed by atoms with Crippen molar-refractivity contribution in [3.8, 4) is 11.1 Å². The zero-order valence-electron chi connectivity index (χ0n) is 13.3. The van der Waals surface area contributed by atoms with Crippen LogP contribution in [0.15, 0.2) is 24.4 Å². The van der Waals surface area contributed by atoms with Crippen molar-refractivity contribution < 1.29 is 9.13 Å². The van der Waals surface area contributed by atoms with Crippen molar-refractivity contribution in [2.45, 2.75) is 25.7 Å².